The molecule has 0 aromatic carbocycles. The third-order valence-electron chi connectivity index (χ3n) is 28.7. The highest BCUT2D eigenvalue weighted by molar-refractivity contribution is 5.74. The van der Waals surface area contributed by atoms with Crippen LogP contribution in [0.5, 0.6) is 0 Å². The van der Waals surface area contributed by atoms with Gasteiger partial charge in [0.25, 0.3) is 0 Å². The Morgan fingerprint density at radius 1 is 0.365 bits per heavy atom. The van der Waals surface area contributed by atoms with Crippen LogP contribution >= 0.6 is 0 Å². The van der Waals surface area contributed by atoms with Crippen molar-refractivity contribution >= 4 is 5.78 Å². The van der Waals surface area contributed by atoms with Gasteiger partial charge < -0.3 is 4.79 Å². The van der Waals surface area contributed by atoms with E-state index < -0.39 is 0 Å². The summed E-state index contributed by atoms with van der Waals surface area (Å²) in [5, 5.41) is 0. The van der Waals surface area contributed by atoms with Crippen LogP contribution in [-0.2, 0) is 4.79 Å². The van der Waals surface area contributed by atoms with Crippen molar-refractivity contribution in [2.45, 2.75) is 407 Å². The molecule has 6 bridgehead atoms. The van der Waals surface area contributed by atoms with Crippen LogP contribution in [0.4, 0.5) is 0 Å². The fourth-order valence-corrected chi connectivity index (χ4v) is 18.4. The maximum absolute atomic E-state index is 9.81. The Kier molecular flexibility index (Phi) is 31.3. The van der Waals surface area contributed by atoms with Crippen LogP contribution in [0, 0.1) is 116 Å². The molecule has 10 rings (SSSR count). The van der Waals surface area contributed by atoms with E-state index in [9.17, 15) is 4.79 Å². The molecule has 0 heterocycles. The molecule has 0 amide bonds. The van der Waals surface area contributed by atoms with Crippen molar-refractivity contribution in [3.05, 3.63) is 12.2 Å². The van der Waals surface area contributed by atoms with Gasteiger partial charge in [-0.2, -0.15) is 0 Å². The Balaban J connectivity index is -0.000000917. The molecule has 9 saturated carbocycles. The van der Waals surface area contributed by atoms with Crippen molar-refractivity contribution in [2.24, 2.45) is 116 Å². The van der Waals surface area contributed by atoms with E-state index in [4.69, 9.17) is 0 Å². The second kappa shape index (κ2) is 30.0. The van der Waals surface area contributed by atoms with Crippen LogP contribution in [0.15, 0.2) is 12.2 Å². The molecular formula is C84H170O. The van der Waals surface area contributed by atoms with Gasteiger partial charge in [0.15, 0.2) is 0 Å². The molecule has 0 spiro atoms. The van der Waals surface area contributed by atoms with Crippen molar-refractivity contribution in [2.75, 3.05) is 0 Å². The average Bonchev–Trinajstić information content (AvgIpc) is 3.72. The largest absolute Gasteiger partial charge is 0.300 e. The standard InChI is InChI=1S/C19H36.C12H20.C10H20.2C9H18.C8H14.2C5H12.C4H8O.3CH4/c1-13(2)14(3,4)19(12)16(7,8)15(5,6)18(13,11)17(19,9)10;1-12(2)10-4-8-3-9(6-10)7-11(12)5-8;1-9(2)7-5-6-8-10(9,3)4;2*1-8(2)6-5-7-9(8,3)4;1-8(2)6-4-3-5-7-8;2*1-5(2,3)4;1-3-4(2)5;;;/h1-12H3;8-11H,3-7H2,1-2H3;5-8H2,1-4H3;2*5-7H2,1-4H3;4,6H,3,5,7H2,1-2H3;2*1-4H3;3H2,1-2H3;3*1H4. The van der Waals surface area contributed by atoms with E-state index in [1.165, 1.54) is 83.5 Å². The van der Waals surface area contributed by atoms with E-state index in [0.717, 1.165) is 23.7 Å². The molecule has 1 nitrogen and oxygen atoms in total. The molecule has 10 aliphatic carbocycles. The molecule has 0 aromatic heterocycles. The highest BCUT2D eigenvalue weighted by Crippen LogP contribution is 2.94. The number of carbonyl (C=O) groups is 1. The quantitative estimate of drug-likeness (QED) is 0.239. The molecule has 0 N–H and O–H groups in total. The van der Waals surface area contributed by atoms with Gasteiger partial charge in [0.2, 0.25) is 0 Å². The first-order valence-electron chi connectivity index (χ1n) is 35.2. The minimum atomic E-state index is 0. The molecule has 1 heteroatoms. The Hall–Kier alpha value is -0.590. The molecule has 0 aromatic rings. The van der Waals surface area contributed by atoms with Crippen molar-refractivity contribution in [1.82, 2.24) is 0 Å². The monoisotopic (exact) mass is 1200 g/mol. The number of ketones is 1. The molecular weight excluding hydrogens is 1020 g/mol. The van der Waals surface area contributed by atoms with Crippen LogP contribution in [0.3, 0.4) is 0 Å². The number of rotatable bonds is 1. The summed E-state index contributed by atoms with van der Waals surface area (Å²) in [6.45, 7) is 89.8. The van der Waals surface area contributed by atoms with Gasteiger partial charge in [0.05, 0.1) is 0 Å². The minimum absolute atomic E-state index is 0. The summed E-state index contributed by atoms with van der Waals surface area (Å²) in [6, 6.07) is 0. The smallest absolute Gasteiger partial charge is 0.129 e. The highest BCUT2D eigenvalue weighted by Gasteiger charge is 2.89. The summed E-state index contributed by atoms with van der Waals surface area (Å²) >= 11 is 0. The van der Waals surface area contributed by atoms with Gasteiger partial charge >= 0.3 is 0 Å². The molecule has 0 aliphatic heterocycles. The molecule has 10 aliphatic rings. The molecule has 0 radical (unpaired) electrons. The Labute approximate surface area is 543 Å². The number of Topliss-reactive ketones (excluding diaryl/α,β-unsaturated/α-hetero) is 1. The Bertz CT molecular complexity index is 1790. The fraction of sp³-hybridized carbons (Fsp3) is 0.964. The first-order valence-corrected chi connectivity index (χ1v) is 35.2. The molecule has 0 unspecified atom stereocenters. The summed E-state index contributed by atoms with van der Waals surface area (Å²) in [6.07, 6.45) is 31.4. The lowest BCUT2D eigenvalue weighted by atomic mass is 9.37. The van der Waals surface area contributed by atoms with Crippen molar-refractivity contribution in [1.29, 1.82) is 0 Å². The molecule has 0 atom stereocenters. The molecule has 0 saturated heterocycles. The highest BCUT2D eigenvalue weighted by atomic mass is 16.1. The van der Waals surface area contributed by atoms with Crippen LogP contribution in [0.1, 0.15) is 407 Å². The van der Waals surface area contributed by atoms with Gasteiger partial charge in [-0.3, -0.25) is 0 Å². The number of hydrogen-bond acceptors (Lipinski definition) is 1. The molecule has 9 fully saturated rings. The Morgan fingerprint density at radius 2 is 0.588 bits per heavy atom. The second-order valence-corrected chi connectivity index (χ2v) is 41.1. The lowest BCUT2D eigenvalue weighted by Gasteiger charge is -2.67. The zero-order valence-corrected chi connectivity index (χ0v) is 64.3. The van der Waals surface area contributed by atoms with Crippen LogP contribution < -0.4 is 0 Å². The van der Waals surface area contributed by atoms with Gasteiger partial charge in [0, 0.05) is 6.42 Å². The van der Waals surface area contributed by atoms with Gasteiger partial charge in [0.1, 0.15) is 5.78 Å². The first-order chi connectivity index (χ1) is 36.0. The first kappa shape index (κ1) is 88.6. The zero-order valence-electron chi connectivity index (χ0n) is 64.3. The van der Waals surface area contributed by atoms with E-state index >= 15 is 0 Å². The van der Waals surface area contributed by atoms with Gasteiger partial charge in [-0.15, -0.1) is 0 Å². The van der Waals surface area contributed by atoms with Crippen molar-refractivity contribution in [3.63, 3.8) is 0 Å². The van der Waals surface area contributed by atoms with E-state index in [1.54, 1.807) is 39.0 Å². The van der Waals surface area contributed by atoms with E-state index in [-0.39, 0.29) is 28.1 Å². The second-order valence-electron chi connectivity index (χ2n) is 41.1. The predicted octanol–water partition coefficient (Wildman–Crippen LogP) is 29.4. The predicted molar refractivity (Wildman–Crippen MR) is 393 cm³/mol. The summed E-state index contributed by atoms with van der Waals surface area (Å²) in [5.74, 6) is 4.72. The van der Waals surface area contributed by atoms with Crippen LogP contribution in [0.25, 0.3) is 0 Å². The number of hydrogen-bond donors (Lipinski definition) is 0. The number of carbonyl (C=O) groups excluding carboxylic acids is 1. The summed E-state index contributed by atoms with van der Waals surface area (Å²) < 4.78 is 0. The summed E-state index contributed by atoms with van der Waals surface area (Å²) in [4.78, 5) is 9.81. The number of allylic oxidation sites excluding steroid dienone is 2. The van der Waals surface area contributed by atoms with Crippen molar-refractivity contribution in [3.8, 4) is 0 Å². The van der Waals surface area contributed by atoms with Gasteiger partial charge in [-0.05, 0) is 213 Å². The lowest BCUT2D eigenvalue weighted by Crippen LogP contribution is -2.61. The summed E-state index contributed by atoms with van der Waals surface area (Å²) in [5.41, 5.74) is 8.02. The summed E-state index contributed by atoms with van der Waals surface area (Å²) in [7, 11) is 0. The van der Waals surface area contributed by atoms with Crippen LogP contribution in [-0.4, -0.2) is 5.78 Å². The van der Waals surface area contributed by atoms with Gasteiger partial charge in [-0.1, -0.05) is 316 Å². The van der Waals surface area contributed by atoms with Crippen molar-refractivity contribution < 1.29 is 4.79 Å². The normalized spacial score (nSPS) is 32.6. The SMILES string of the molecule is C.C.C.CC(C)(C)C.CC(C)(C)C.CC1(C)C(C)(C)C2(C)C(C)(C)C(C)(C)C1(C)C2(C)C.CC1(C)C2CC3CC(C2)CC1C3.CC1(C)C=CCCC1.CC1(C)CCCC1(C)C.CC1(C)CCCC1(C)C.CC1(C)CCCCC1(C)C.CCC(C)=O. The minimum Gasteiger partial charge on any atom is -0.300 e. The lowest BCUT2D eigenvalue weighted by molar-refractivity contribution is -0.193. The molecule has 85 heavy (non-hydrogen) atoms. The maximum atomic E-state index is 9.81. The topological polar surface area (TPSA) is 17.1 Å². The average molecular weight is 1200 g/mol. The van der Waals surface area contributed by atoms with E-state index in [0.29, 0.717) is 98.5 Å². The Morgan fingerprint density at radius 3 is 0.729 bits per heavy atom. The third kappa shape index (κ3) is 19.7. The maximum Gasteiger partial charge on any atom is 0.129 e. The fourth-order valence-electron chi connectivity index (χ4n) is 18.4. The number of fused-ring (bicyclic) bond motifs is 2. The zero-order chi connectivity index (χ0) is 65.2. The van der Waals surface area contributed by atoms with E-state index in [2.05, 4.69) is 261 Å². The van der Waals surface area contributed by atoms with Gasteiger partial charge in [-0.25, -0.2) is 0 Å². The third-order valence-corrected chi connectivity index (χ3v) is 28.7. The molecule has 512 valence electrons. The van der Waals surface area contributed by atoms with E-state index in [1.807, 2.05) is 6.92 Å². The van der Waals surface area contributed by atoms with Crippen LogP contribution in [0.2, 0.25) is 0 Å².